The lowest BCUT2D eigenvalue weighted by Gasteiger charge is -2.16. The van der Waals surface area contributed by atoms with Crippen LogP contribution in [0.25, 0.3) is 0 Å². The van der Waals surface area contributed by atoms with Crippen LogP contribution in [0.2, 0.25) is 0 Å². The molecule has 0 amide bonds. The number of rotatable bonds is 2. The Morgan fingerprint density at radius 3 is 2.61 bits per heavy atom. The van der Waals surface area contributed by atoms with Gasteiger partial charge in [-0.25, -0.2) is 0 Å². The molecule has 0 spiro atoms. The quantitative estimate of drug-likeness (QED) is 0.862. The maximum Gasteiger partial charge on any atom is 0.416 e. The molecule has 5 heteroatoms. The van der Waals surface area contributed by atoms with E-state index in [1.165, 1.54) is 12.1 Å². The molecule has 98 valence electrons. The average molecular weight is 256 g/mol. The van der Waals surface area contributed by atoms with Crippen molar-refractivity contribution in [2.24, 2.45) is 4.99 Å². The molecule has 1 N–H and O–H groups in total. The molecule has 1 heterocycles. The summed E-state index contributed by atoms with van der Waals surface area (Å²) in [4.78, 5) is 4.26. The van der Waals surface area contributed by atoms with Crippen LogP contribution in [-0.2, 0) is 12.7 Å². The first kappa shape index (κ1) is 12.9. The topological polar surface area (TPSA) is 24.4 Å². The summed E-state index contributed by atoms with van der Waals surface area (Å²) < 4.78 is 38.3. The Bertz CT molecular complexity index is 438. The molecule has 1 aromatic carbocycles. The van der Waals surface area contributed by atoms with Gasteiger partial charge in [0.25, 0.3) is 0 Å². The third kappa shape index (κ3) is 3.24. The Morgan fingerprint density at radius 2 is 1.94 bits per heavy atom. The molecule has 0 saturated carbocycles. The Morgan fingerprint density at radius 1 is 1.17 bits per heavy atom. The molecule has 0 unspecified atom stereocenters. The van der Waals surface area contributed by atoms with E-state index in [1.807, 2.05) is 0 Å². The van der Waals surface area contributed by atoms with Crippen molar-refractivity contribution in [2.75, 3.05) is 6.54 Å². The Kier molecular flexibility index (Phi) is 3.89. The summed E-state index contributed by atoms with van der Waals surface area (Å²) in [5, 5.41) is 3.00. The van der Waals surface area contributed by atoms with Crippen molar-refractivity contribution in [1.82, 2.24) is 5.32 Å². The van der Waals surface area contributed by atoms with Gasteiger partial charge in [0.05, 0.1) is 11.4 Å². The van der Waals surface area contributed by atoms with Crippen molar-refractivity contribution in [2.45, 2.75) is 32.0 Å². The van der Waals surface area contributed by atoms with Crippen LogP contribution >= 0.6 is 0 Å². The van der Waals surface area contributed by atoms with Crippen molar-refractivity contribution in [3.05, 3.63) is 35.4 Å². The zero-order valence-corrected chi connectivity index (χ0v) is 9.93. The molecule has 0 radical (unpaired) electrons. The molecular weight excluding hydrogens is 241 g/mol. The second-order valence-corrected chi connectivity index (χ2v) is 4.29. The highest BCUT2D eigenvalue weighted by Gasteiger charge is 2.32. The molecule has 1 aliphatic heterocycles. The molecule has 0 bridgehead atoms. The number of amidine groups is 1. The summed E-state index contributed by atoms with van der Waals surface area (Å²) in [7, 11) is 0. The van der Waals surface area contributed by atoms with Gasteiger partial charge in [-0.1, -0.05) is 18.2 Å². The SMILES string of the molecule is FC(F)(F)c1ccccc1CNC1=NCCCC1. The first-order valence-corrected chi connectivity index (χ1v) is 5.99. The van der Waals surface area contributed by atoms with E-state index in [0.29, 0.717) is 0 Å². The summed E-state index contributed by atoms with van der Waals surface area (Å²) in [5.74, 6) is 0.818. The predicted molar refractivity (Wildman–Crippen MR) is 64.4 cm³/mol. The van der Waals surface area contributed by atoms with Gasteiger partial charge in [0, 0.05) is 19.5 Å². The summed E-state index contributed by atoms with van der Waals surface area (Å²) >= 11 is 0. The minimum Gasteiger partial charge on any atom is -0.370 e. The molecule has 2 nitrogen and oxygen atoms in total. The van der Waals surface area contributed by atoms with Gasteiger partial charge in [-0.15, -0.1) is 0 Å². The van der Waals surface area contributed by atoms with Gasteiger partial charge in [-0.05, 0) is 24.5 Å². The lowest BCUT2D eigenvalue weighted by atomic mass is 10.1. The predicted octanol–water partition coefficient (Wildman–Crippen LogP) is 3.38. The second kappa shape index (κ2) is 5.42. The number of hydrogen-bond donors (Lipinski definition) is 1. The minimum atomic E-state index is -4.30. The van der Waals surface area contributed by atoms with Gasteiger partial charge in [0.15, 0.2) is 0 Å². The molecule has 0 aromatic heterocycles. The van der Waals surface area contributed by atoms with E-state index in [-0.39, 0.29) is 12.1 Å². The van der Waals surface area contributed by atoms with E-state index >= 15 is 0 Å². The number of alkyl halides is 3. The number of nitrogens with one attached hydrogen (secondary N) is 1. The average Bonchev–Trinajstić information content (AvgIpc) is 2.37. The third-order valence-corrected chi connectivity index (χ3v) is 2.93. The first-order chi connectivity index (χ1) is 8.57. The number of nitrogens with zero attached hydrogens (tertiary/aromatic N) is 1. The fraction of sp³-hybridized carbons (Fsp3) is 0.462. The van der Waals surface area contributed by atoms with E-state index in [1.54, 1.807) is 6.07 Å². The Labute approximate surface area is 104 Å². The van der Waals surface area contributed by atoms with Crippen molar-refractivity contribution >= 4 is 5.84 Å². The fourth-order valence-corrected chi connectivity index (χ4v) is 1.99. The summed E-state index contributed by atoms with van der Waals surface area (Å²) in [6.07, 6.45) is -1.36. The highest BCUT2D eigenvalue weighted by atomic mass is 19.4. The summed E-state index contributed by atoms with van der Waals surface area (Å²) in [6, 6.07) is 5.64. The molecule has 1 aliphatic rings. The van der Waals surface area contributed by atoms with Gasteiger partial charge >= 0.3 is 6.18 Å². The van der Waals surface area contributed by atoms with Gasteiger partial charge in [-0.2, -0.15) is 13.2 Å². The third-order valence-electron chi connectivity index (χ3n) is 2.93. The van der Waals surface area contributed by atoms with Crippen molar-refractivity contribution in [1.29, 1.82) is 0 Å². The van der Waals surface area contributed by atoms with Crippen molar-refractivity contribution < 1.29 is 13.2 Å². The van der Waals surface area contributed by atoms with Gasteiger partial charge in [-0.3, -0.25) is 4.99 Å². The van der Waals surface area contributed by atoms with E-state index < -0.39 is 11.7 Å². The number of aliphatic imine (C=N–C) groups is 1. The second-order valence-electron chi connectivity index (χ2n) is 4.29. The maximum absolute atomic E-state index is 12.8. The lowest BCUT2D eigenvalue weighted by Crippen LogP contribution is -2.26. The zero-order chi connectivity index (χ0) is 13.0. The van der Waals surface area contributed by atoms with Crippen LogP contribution in [0.5, 0.6) is 0 Å². The molecular formula is C13H15F3N2. The highest BCUT2D eigenvalue weighted by molar-refractivity contribution is 5.82. The van der Waals surface area contributed by atoms with Crippen LogP contribution in [0.4, 0.5) is 13.2 Å². The highest BCUT2D eigenvalue weighted by Crippen LogP contribution is 2.31. The molecule has 1 aromatic rings. The maximum atomic E-state index is 12.8. The van der Waals surface area contributed by atoms with Crippen LogP contribution in [0.1, 0.15) is 30.4 Å². The zero-order valence-electron chi connectivity index (χ0n) is 9.93. The number of hydrogen-bond acceptors (Lipinski definition) is 2. The smallest absolute Gasteiger partial charge is 0.370 e. The van der Waals surface area contributed by atoms with E-state index in [2.05, 4.69) is 10.3 Å². The normalized spacial score (nSPS) is 16.3. The first-order valence-electron chi connectivity index (χ1n) is 5.99. The largest absolute Gasteiger partial charge is 0.416 e. The summed E-state index contributed by atoms with van der Waals surface area (Å²) in [5.41, 5.74) is -0.313. The molecule has 0 saturated heterocycles. The molecule has 2 rings (SSSR count). The number of halogens is 3. The van der Waals surface area contributed by atoms with E-state index in [4.69, 9.17) is 0 Å². The minimum absolute atomic E-state index is 0.175. The Hall–Kier alpha value is -1.52. The fourth-order valence-electron chi connectivity index (χ4n) is 1.99. The van der Waals surface area contributed by atoms with Crippen molar-refractivity contribution in [3.8, 4) is 0 Å². The van der Waals surface area contributed by atoms with Crippen LogP contribution in [-0.4, -0.2) is 12.4 Å². The van der Waals surface area contributed by atoms with Crippen LogP contribution in [0.3, 0.4) is 0 Å². The summed E-state index contributed by atoms with van der Waals surface area (Å²) in [6.45, 7) is 0.942. The standard InChI is InChI=1S/C13H15F3N2/c14-13(15,16)11-6-2-1-5-10(11)9-18-12-7-3-4-8-17-12/h1-2,5-6H,3-4,7-9H2,(H,17,18). The molecule has 0 fully saturated rings. The van der Waals surface area contributed by atoms with E-state index in [0.717, 1.165) is 37.7 Å². The van der Waals surface area contributed by atoms with Crippen LogP contribution < -0.4 is 5.32 Å². The van der Waals surface area contributed by atoms with Gasteiger partial charge < -0.3 is 5.32 Å². The lowest BCUT2D eigenvalue weighted by molar-refractivity contribution is -0.138. The monoisotopic (exact) mass is 256 g/mol. The van der Waals surface area contributed by atoms with Gasteiger partial charge in [0.2, 0.25) is 0 Å². The molecule has 18 heavy (non-hydrogen) atoms. The van der Waals surface area contributed by atoms with Crippen LogP contribution in [0, 0.1) is 0 Å². The number of benzene rings is 1. The van der Waals surface area contributed by atoms with Crippen molar-refractivity contribution in [3.63, 3.8) is 0 Å². The van der Waals surface area contributed by atoms with Gasteiger partial charge in [0.1, 0.15) is 0 Å². The molecule has 0 atom stereocenters. The van der Waals surface area contributed by atoms with Crippen LogP contribution in [0.15, 0.2) is 29.3 Å². The van der Waals surface area contributed by atoms with E-state index in [9.17, 15) is 13.2 Å². The Balaban J connectivity index is 2.07. The molecule has 0 aliphatic carbocycles.